The average Bonchev–Trinajstić information content (AvgIpc) is 3.24. The van der Waals surface area contributed by atoms with Crippen LogP contribution in [-0.2, 0) is 24.2 Å². The molecule has 0 aliphatic heterocycles. The van der Waals surface area contributed by atoms with Gasteiger partial charge in [0.25, 0.3) is 0 Å². The molecule has 1 amide bonds. The van der Waals surface area contributed by atoms with Crippen LogP contribution in [0.4, 0.5) is 5.69 Å². The molecule has 0 saturated heterocycles. The lowest BCUT2D eigenvalue weighted by Crippen LogP contribution is -2.17. The van der Waals surface area contributed by atoms with Gasteiger partial charge < -0.3 is 10.1 Å². The second-order valence-electron chi connectivity index (χ2n) is 8.37. The van der Waals surface area contributed by atoms with Gasteiger partial charge in [0.05, 0.1) is 5.75 Å². The molecule has 0 fully saturated rings. The summed E-state index contributed by atoms with van der Waals surface area (Å²) in [6.45, 7) is 14.4. The van der Waals surface area contributed by atoms with Crippen molar-refractivity contribution in [2.75, 3.05) is 11.1 Å². The number of thioether (sulfide) groups is 1. The highest BCUT2D eigenvalue weighted by Crippen LogP contribution is 2.30. The maximum absolute atomic E-state index is 12.8. The van der Waals surface area contributed by atoms with Crippen LogP contribution in [0.15, 0.2) is 48.1 Å². The van der Waals surface area contributed by atoms with Crippen molar-refractivity contribution in [3.8, 4) is 5.75 Å². The van der Waals surface area contributed by atoms with Crippen molar-refractivity contribution in [2.45, 2.75) is 65.3 Å². The van der Waals surface area contributed by atoms with E-state index in [1.54, 1.807) is 6.08 Å². The molecule has 8 heteroatoms. The van der Waals surface area contributed by atoms with Crippen LogP contribution in [0, 0.1) is 13.8 Å². The first-order valence-corrected chi connectivity index (χ1v) is 13.2. The van der Waals surface area contributed by atoms with Crippen molar-refractivity contribution in [1.82, 2.24) is 14.8 Å². The first kappa shape index (κ1) is 26.8. The van der Waals surface area contributed by atoms with Crippen molar-refractivity contribution >= 4 is 35.0 Å². The predicted octanol–water partition coefficient (Wildman–Crippen LogP) is 6.73. The monoisotopic (exact) mass is 512 g/mol. The van der Waals surface area contributed by atoms with Gasteiger partial charge in [-0.15, -0.1) is 16.8 Å². The largest absolute Gasteiger partial charge is 0.483 e. The summed E-state index contributed by atoms with van der Waals surface area (Å²) >= 11 is 7.64. The number of carbonyl (C=O) groups excluding carboxylic acids is 1. The fourth-order valence-electron chi connectivity index (χ4n) is 3.95. The molecule has 0 saturated carbocycles. The van der Waals surface area contributed by atoms with E-state index in [0.29, 0.717) is 17.5 Å². The van der Waals surface area contributed by atoms with Gasteiger partial charge in [-0.2, -0.15) is 0 Å². The van der Waals surface area contributed by atoms with Crippen molar-refractivity contribution in [2.24, 2.45) is 0 Å². The van der Waals surface area contributed by atoms with Crippen molar-refractivity contribution in [3.05, 3.63) is 76.1 Å². The Labute approximate surface area is 217 Å². The third-order valence-electron chi connectivity index (χ3n) is 5.74. The number of benzene rings is 2. The number of aryl methyl sites for hydroxylation is 4. The Bertz CT molecular complexity index is 1160. The summed E-state index contributed by atoms with van der Waals surface area (Å²) in [5.41, 5.74) is 5.11. The number of nitrogens with zero attached hydrogens (tertiary/aromatic N) is 3. The highest BCUT2D eigenvalue weighted by molar-refractivity contribution is 7.99. The molecule has 0 radical (unpaired) electrons. The number of nitrogens with one attached hydrogen (secondary N) is 1. The fraction of sp³-hybridized carbons (Fsp3) is 0.370. The lowest BCUT2D eigenvalue weighted by Gasteiger charge is -2.17. The molecular formula is C27H33ClN4O2S. The Balaban J connectivity index is 1.73. The average molecular weight is 513 g/mol. The van der Waals surface area contributed by atoms with Gasteiger partial charge in [-0.3, -0.25) is 9.36 Å². The summed E-state index contributed by atoms with van der Waals surface area (Å²) in [5.74, 6) is 1.54. The first-order chi connectivity index (χ1) is 16.8. The maximum atomic E-state index is 12.8. The molecule has 0 aliphatic carbocycles. The second-order valence-corrected chi connectivity index (χ2v) is 9.69. The van der Waals surface area contributed by atoms with Crippen LogP contribution in [0.5, 0.6) is 5.75 Å². The number of aromatic nitrogens is 3. The van der Waals surface area contributed by atoms with E-state index >= 15 is 0 Å². The van der Waals surface area contributed by atoms with E-state index in [9.17, 15) is 4.79 Å². The van der Waals surface area contributed by atoms with Gasteiger partial charge in [0.1, 0.15) is 5.75 Å². The van der Waals surface area contributed by atoms with Gasteiger partial charge in [-0.1, -0.05) is 61.5 Å². The highest BCUT2D eigenvalue weighted by Gasteiger charge is 2.21. The number of para-hydroxylation sites is 1. The lowest BCUT2D eigenvalue weighted by atomic mass is 10.0. The zero-order valence-electron chi connectivity index (χ0n) is 21.0. The third-order valence-corrected chi connectivity index (χ3v) is 7.30. The van der Waals surface area contributed by atoms with E-state index in [0.717, 1.165) is 51.6 Å². The molecule has 1 heterocycles. The number of ether oxygens (including phenoxy) is 1. The van der Waals surface area contributed by atoms with Crippen LogP contribution < -0.4 is 10.1 Å². The zero-order chi connectivity index (χ0) is 25.5. The number of anilines is 1. The number of amides is 1. The zero-order valence-corrected chi connectivity index (χ0v) is 22.6. The molecule has 186 valence electrons. The van der Waals surface area contributed by atoms with Crippen LogP contribution in [0.25, 0.3) is 0 Å². The van der Waals surface area contributed by atoms with E-state index < -0.39 is 0 Å². The molecule has 1 unspecified atom stereocenters. The van der Waals surface area contributed by atoms with Crippen molar-refractivity contribution < 1.29 is 9.53 Å². The lowest BCUT2D eigenvalue weighted by molar-refractivity contribution is -0.113. The Kier molecular flexibility index (Phi) is 9.40. The summed E-state index contributed by atoms with van der Waals surface area (Å²) in [5, 5.41) is 13.2. The molecule has 0 spiro atoms. The van der Waals surface area contributed by atoms with Crippen LogP contribution in [0.1, 0.15) is 55.0 Å². The maximum Gasteiger partial charge on any atom is 0.234 e. The van der Waals surface area contributed by atoms with Crippen molar-refractivity contribution in [3.63, 3.8) is 0 Å². The Morgan fingerprint density at radius 2 is 1.83 bits per heavy atom. The summed E-state index contributed by atoms with van der Waals surface area (Å²) in [6, 6.07) is 9.98. The minimum Gasteiger partial charge on any atom is -0.483 e. The topological polar surface area (TPSA) is 69.0 Å². The van der Waals surface area contributed by atoms with Gasteiger partial charge in [0, 0.05) is 17.3 Å². The minimum atomic E-state index is -0.353. The second kappa shape index (κ2) is 12.3. The number of hydrogen-bond donors (Lipinski definition) is 1. The van der Waals surface area contributed by atoms with Crippen LogP contribution >= 0.6 is 23.4 Å². The molecule has 0 bridgehead atoms. The predicted molar refractivity (Wildman–Crippen MR) is 145 cm³/mol. The standard InChI is InChI=1S/C27H33ClN4O2S/c1-7-13-32-26(19(6)34-22-14-17(4)24(28)18(5)15-22)30-31-27(32)35-16-23(33)29-25-20(8-2)11-10-12-21(25)9-3/h7,10-12,14-15,19H,1,8-9,13,16H2,2-6H3,(H,29,33). The Hall–Kier alpha value is -2.77. The number of allylic oxidation sites excluding steroid dienone is 1. The van der Waals surface area contributed by atoms with Gasteiger partial charge in [-0.05, 0) is 68.0 Å². The third kappa shape index (κ3) is 6.47. The molecule has 0 aliphatic rings. The molecule has 1 atom stereocenters. The molecule has 3 aromatic rings. The van der Waals surface area contributed by atoms with Gasteiger partial charge >= 0.3 is 0 Å². The summed E-state index contributed by atoms with van der Waals surface area (Å²) in [6.07, 6.45) is 3.15. The van der Waals surface area contributed by atoms with E-state index in [2.05, 4.69) is 48.1 Å². The van der Waals surface area contributed by atoms with E-state index in [-0.39, 0.29) is 17.8 Å². The molecule has 2 aromatic carbocycles. The molecule has 6 nitrogen and oxygen atoms in total. The number of carbonyl (C=O) groups is 1. The van der Waals surface area contributed by atoms with Gasteiger partial charge in [0.15, 0.2) is 17.1 Å². The summed E-state index contributed by atoms with van der Waals surface area (Å²) < 4.78 is 8.10. The molecular weight excluding hydrogens is 480 g/mol. The van der Waals surface area contributed by atoms with Crippen LogP contribution in [-0.4, -0.2) is 26.4 Å². The van der Waals surface area contributed by atoms with E-state index in [1.807, 2.05) is 43.5 Å². The molecule has 35 heavy (non-hydrogen) atoms. The van der Waals surface area contributed by atoms with Crippen LogP contribution in [0.3, 0.4) is 0 Å². The quantitative estimate of drug-likeness (QED) is 0.228. The van der Waals surface area contributed by atoms with Crippen molar-refractivity contribution in [1.29, 1.82) is 0 Å². The first-order valence-electron chi connectivity index (χ1n) is 11.8. The molecule has 3 rings (SSSR count). The summed E-state index contributed by atoms with van der Waals surface area (Å²) in [7, 11) is 0. The summed E-state index contributed by atoms with van der Waals surface area (Å²) in [4.78, 5) is 12.8. The van der Waals surface area contributed by atoms with E-state index in [1.165, 1.54) is 11.8 Å². The SMILES string of the molecule is C=CCn1c(SCC(=O)Nc2c(CC)cccc2CC)nnc1C(C)Oc1cc(C)c(Cl)c(C)c1. The van der Waals surface area contributed by atoms with Gasteiger partial charge in [-0.25, -0.2) is 0 Å². The number of rotatable bonds is 11. The number of halogens is 1. The Morgan fingerprint density at radius 1 is 1.20 bits per heavy atom. The Morgan fingerprint density at radius 3 is 2.40 bits per heavy atom. The minimum absolute atomic E-state index is 0.0725. The van der Waals surface area contributed by atoms with E-state index in [4.69, 9.17) is 16.3 Å². The number of hydrogen-bond acceptors (Lipinski definition) is 5. The van der Waals surface area contributed by atoms with Crippen LogP contribution in [0.2, 0.25) is 5.02 Å². The molecule has 1 aromatic heterocycles. The highest BCUT2D eigenvalue weighted by atomic mass is 35.5. The van der Waals surface area contributed by atoms with Gasteiger partial charge in [0.2, 0.25) is 5.91 Å². The fourth-order valence-corrected chi connectivity index (χ4v) is 4.81. The normalized spacial score (nSPS) is 11.8. The molecule has 1 N–H and O–H groups in total. The smallest absolute Gasteiger partial charge is 0.234 e.